The molecule has 2 aliphatic rings. The Morgan fingerprint density at radius 3 is 2.72 bits per heavy atom. The third-order valence-corrected chi connectivity index (χ3v) is 6.41. The van der Waals surface area contributed by atoms with Gasteiger partial charge in [0.25, 0.3) is 5.92 Å². The van der Waals surface area contributed by atoms with E-state index in [9.17, 15) is 14.7 Å². The SMILES string of the molecule is CCOC(=O)c1nn(CC(=O)O)c2c1CC(c1cccc(C(F)(F)C3CCNCC3)c1)C2. The lowest BCUT2D eigenvalue weighted by Crippen LogP contribution is -2.36. The first-order chi connectivity index (χ1) is 15.3. The van der Waals surface area contributed by atoms with E-state index in [4.69, 9.17) is 4.74 Å². The standard InChI is InChI=1S/C23H27F2N3O4/c1-2-32-22(31)21-18-11-15(12-19(18)28(27-21)13-20(29)30)14-4-3-5-17(10-14)23(24,25)16-6-8-26-9-7-16/h3-5,10,15-16,26H,2,6-9,11-13H2,1H3,(H,29,30). The topological polar surface area (TPSA) is 93.5 Å². The summed E-state index contributed by atoms with van der Waals surface area (Å²) >= 11 is 0. The van der Waals surface area contributed by atoms with Crippen molar-refractivity contribution in [1.82, 2.24) is 15.1 Å². The number of aliphatic carboxylic acids is 1. The number of benzene rings is 1. The van der Waals surface area contributed by atoms with Crippen molar-refractivity contribution in [3.8, 4) is 0 Å². The normalized spacial score (nSPS) is 19.0. The van der Waals surface area contributed by atoms with Crippen molar-refractivity contribution < 1.29 is 28.2 Å². The molecular formula is C23H27F2N3O4. The Balaban J connectivity index is 1.61. The highest BCUT2D eigenvalue weighted by molar-refractivity contribution is 5.89. The van der Waals surface area contributed by atoms with E-state index in [1.54, 1.807) is 19.1 Å². The smallest absolute Gasteiger partial charge is 0.359 e. The van der Waals surface area contributed by atoms with Gasteiger partial charge in [-0.25, -0.2) is 13.6 Å². The summed E-state index contributed by atoms with van der Waals surface area (Å²) in [6, 6.07) is 6.51. The zero-order chi connectivity index (χ0) is 22.9. The maximum absolute atomic E-state index is 15.2. The summed E-state index contributed by atoms with van der Waals surface area (Å²) < 4.78 is 36.8. The molecule has 1 aliphatic heterocycles. The molecule has 2 aromatic rings. The van der Waals surface area contributed by atoms with Crippen LogP contribution in [-0.2, 0) is 34.8 Å². The average molecular weight is 447 g/mol. The molecule has 0 amide bonds. The van der Waals surface area contributed by atoms with Gasteiger partial charge in [0.1, 0.15) is 6.54 Å². The molecule has 32 heavy (non-hydrogen) atoms. The minimum absolute atomic E-state index is 0.00985. The van der Waals surface area contributed by atoms with Gasteiger partial charge < -0.3 is 15.2 Å². The molecule has 4 rings (SSSR count). The third-order valence-electron chi connectivity index (χ3n) is 6.41. The van der Waals surface area contributed by atoms with Crippen LogP contribution in [0.2, 0.25) is 0 Å². The van der Waals surface area contributed by atoms with Gasteiger partial charge in [-0.05, 0) is 63.2 Å². The van der Waals surface area contributed by atoms with Crippen LogP contribution >= 0.6 is 0 Å². The number of halogens is 2. The molecule has 0 saturated carbocycles. The Bertz CT molecular complexity index is 1010. The summed E-state index contributed by atoms with van der Waals surface area (Å²) in [6.45, 7) is 2.67. The van der Waals surface area contributed by atoms with E-state index in [0.717, 1.165) is 5.56 Å². The number of ether oxygens (including phenoxy) is 1. The van der Waals surface area contributed by atoms with Crippen molar-refractivity contribution in [3.63, 3.8) is 0 Å². The fraction of sp³-hybridized carbons (Fsp3) is 0.522. The molecule has 7 nitrogen and oxygen atoms in total. The first-order valence-corrected chi connectivity index (χ1v) is 11.0. The summed E-state index contributed by atoms with van der Waals surface area (Å²) in [4.78, 5) is 23.6. The Morgan fingerprint density at radius 1 is 1.28 bits per heavy atom. The zero-order valence-corrected chi connectivity index (χ0v) is 17.9. The number of fused-ring (bicyclic) bond motifs is 1. The van der Waals surface area contributed by atoms with Crippen LogP contribution in [0, 0.1) is 5.92 Å². The van der Waals surface area contributed by atoms with Crippen LogP contribution in [0.15, 0.2) is 24.3 Å². The number of carbonyl (C=O) groups is 2. The molecule has 1 unspecified atom stereocenters. The van der Waals surface area contributed by atoms with Crippen LogP contribution in [0.4, 0.5) is 8.78 Å². The van der Waals surface area contributed by atoms with Crippen LogP contribution in [0.3, 0.4) is 0 Å². The van der Waals surface area contributed by atoms with Crippen LogP contribution < -0.4 is 5.32 Å². The molecule has 1 atom stereocenters. The van der Waals surface area contributed by atoms with Crippen LogP contribution in [-0.4, -0.2) is 46.5 Å². The number of hydrogen-bond donors (Lipinski definition) is 2. The number of piperidine rings is 1. The number of carboxylic acid groups (broad SMARTS) is 1. The highest BCUT2D eigenvalue weighted by Crippen LogP contribution is 2.43. The van der Waals surface area contributed by atoms with Gasteiger partial charge in [-0.3, -0.25) is 9.48 Å². The highest BCUT2D eigenvalue weighted by atomic mass is 19.3. The van der Waals surface area contributed by atoms with E-state index in [2.05, 4.69) is 10.4 Å². The fourth-order valence-electron chi connectivity index (χ4n) is 4.81. The van der Waals surface area contributed by atoms with Gasteiger partial charge in [-0.2, -0.15) is 5.10 Å². The van der Waals surface area contributed by atoms with E-state index < -0.39 is 23.8 Å². The Kier molecular flexibility index (Phi) is 6.28. The largest absolute Gasteiger partial charge is 0.480 e. The lowest BCUT2D eigenvalue weighted by Gasteiger charge is -2.31. The number of hydrogen-bond acceptors (Lipinski definition) is 5. The molecular weight excluding hydrogens is 420 g/mol. The Morgan fingerprint density at radius 2 is 2.03 bits per heavy atom. The molecule has 172 valence electrons. The molecule has 2 N–H and O–H groups in total. The second-order valence-corrected chi connectivity index (χ2v) is 8.42. The molecule has 1 aliphatic carbocycles. The maximum Gasteiger partial charge on any atom is 0.359 e. The highest BCUT2D eigenvalue weighted by Gasteiger charge is 2.42. The molecule has 1 fully saturated rings. The van der Waals surface area contributed by atoms with E-state index in [1.807, 2.05) is 6.07 Å². The summed E-state index contributed by atoms with van der Waals surface area (Å²) in [7, 11) is 0. The maximum atomic E-state index is 15.2. The number of esters is 1. The first kappa shape index (κ1) is 22.4. The van der Waals surface area contributed by atoms with Crippen molar-refractivity contribution in [2.75, 3.05) is 19.7 Å². The number of carbonyl (C=O) groups excluding carboxylic acids is 1. The first-order valence-electron chi connectivity index (χ1n) is 11.0. The van der Waals surface area contributed by atoms with Gasteiger partial charge in [0.2, 0.25) is 0 Å². The predicted molar refractivity (Wildman–Crippen MR) is 112 cm³/mol. The Hall–Kier alpha value is -2.81. The molecule has 0 spiro atoms. The minimum atomic E-state index is -2.92. The molecule has 0 bridgehead atoms. The van der Waals surface area contributed by atoms with E-state index >= 15 is 8.78 Å². The van der Waals surface area contributed by atoms with Gasteiger partial charge in [0, 0.05) is 22.7 Å². The minimum Gasteiger partial charge on any atom is -0.480 e. The van der Waals surface area contributed by atoms with Gasteiger partial charge in [-0.1, -0.05) is 18.2 Å². The Labute approximate surface area is 184 Å². The second kappa shape index (κ2) is 8.97. The second-order valence-electron chi connectivity index (χ2n) is 8.42. The van der Waals surface area contributed by atoms with Crippen molar-refractivity contribution in [3.05, 3.63) is 52.3 Å². The molecule has 1 aromatic carbocycles. The monoisotopic (exact) mass is 447 g/mol. The molecule has 1 saturated heterocycles. The van der Waals surface area contributed by atoms with Crippen molar-refractivity contribution >= 4 is 11.9 Å². The number of rotatable bonds is 7. The average Bonchev–Trinajstić information content (AvgIpc) is 3.35. The third kappa shape index (κ3) is 4.26. The van der Waals surface area contributed by atoms with E-state index in [0.29, 0.717) is 50.0 Å². The lowest BCUT2D eigenvalue weighted by atomic mass is 9.85. The quantitative estimate of drug-likeness (QED) is 0.634. The fourth-order valence-corrected chi connectivity index (χ4v) is 4.81. The van der Waals surface area contributed by atoms with Crippen LogP contribution in [0.25, 0.3) is 0 Å². The van der Waals surface area contributed by atoms with E-state index in [-0.39, 0.29) is 30.3 Å². The van der Waals surface area contributed by atoms with Gasteiger partial charge in [0.15, 0.2) is 5.69 Å². The number of aromatic nitrogens is 2. The predicted octanol–water partition coefficient (Wildman–Crippen LogP) is 3.12. The van der Waals surface area contributed by atoms with Crippen LogP contribution in [0.1, 0.15) is 58.6 Å². The summed E-state index contributed by atoms with van der Waals surface area (Å²) in [5.74, 6) is -5.42. The van der Waals surface area contributed by atoms with E-state index in [1.165, 1.54) is 10.7 Å². The van der Waals surface area contributed by atoms with Crippen molar-refractivity contribution in [2.24, 2.45) is 5.92 Å². The van der Waals surface area contributed by atoms with Crippen LogP contribution in [0.5, 0.6) is 0 Å². The number of alkyl halides is 2. The zero-order valence-electron chi connectivity index (χ0n) is 17.9. The molecule has 0 radical (unpaired) electrons. The van der Waals surface area contributed by atoms with Gasteiger partial charge in [0.05, 0.1) is 6.61 Å². The summed E-state index contributed by atoms with van der Waals surface area (Å²) in [5.41, 5.74) is 2.17. The van der Waals surface area contributed by atoms with Crippen molar-refractivity contribution in [1.29, 1.82) is 0 Å². The number of carboxylic acids is 1. The molecule has 9 heteroatoms. The molecule has 2 heterocycles. The lowest BCUT2D eigenvalue weighted by molar-refractivity contribution is -0.137. The van der Waals surface area contributed by atoms with Crippen molar-refractivity contribution in [2.45, 2.75) is 51.0 Å². The van der Waals surface area contributed by atoms with Gasteiger partial charge >= 0.3 is 11.9 Å². The number of nitrogens with zero attached hydrogens (tertiary/aromatic N) is 2. The summed E-state index contributed by atoms with van der Waals surface area (Å²) in [5, 5.41) is 16.5. The van der Waals surface area contributed by atoms with Gasteiger partial charge in [-0.15, -0.1) is 0 Å². The molecule has 1 aromatic heterocycles. The summed E-state index contributed by atoms with van der Waals surface area (Å²) in [6.07, 6.45) is 1.71. The number of nitrogens with one attached hydrogen (secondary N) is 1.